The minimum absolute atomic E-state index is 0. The number of cyclic esters (lactones) is 1. The van der Waals surface area contributed by atoms with Crippen molar-refractivity contribution >= 4 is 29.2 Å². The number of amides is 1. The molecule has 3 fully saturated rings. The zero-order chi connectivity index (χ0) is 85.2. The number of piperidine rings is 1. The molecule has 116 heavy (non-hydrogen) atoms. The molecule has 0 aromatic heterocycles. The van der Waals surface area contributed by atoms with E-state index in [2.05, 4.69) is 304 Å². The van der Waals surface area contributed by atoms with Gasteiger partial charge in [0.25, 0.3) is 11.7 Å². The summed E-state index contributed by atoms with van der Waals surface area (Å²) >= 11 is 0. The first-order chi connectivity index (χ1) is 56.2. The average Bonchev–Trinajstić information content (AvgIpc) is 0.876. The molecule has 3 aliphatic heterocycles. The maximum atomic E-state index is 14.3. The van der Waals surface area contributed by atoms with E-state index in [1.54, 1.807) is 47.8 Å². The maximum Gasteiger partial charge on any atom is 0.329 e. The molecule has 2 saturated heterocycles. The average molecular weight is 1640 g/mol. The Labute approximate surface area is 721 Å². The molecule has 28 nitrogen and oxygen atoms in total. The van der Waals surface area contributed by atoms with Gasteiger partial charge in [-0.2, -0.15) is 0 Å². The van der Waals surface area contributed by atoms with Crippen LogP contribution in [0.4, 0.5) is 0 Å². The third kappa shape index (κ3) is 42.8. The van der Waals surface area contributed by atoms with Gasteiger partial charge < -0.3 is 43.9 Å². The first-order valence-corrected chi connectivity index (χ1v) is 34.7. The van der Waals surface area contributed by atoms with Crippen molar-refractivity contribution in [1.29, 1.82) is 0 Å². The van der Waals surface area contributed by atoms with Crippen LogP contribution in [0.5, 0.6) is 0 Å². The molecule has 1 saturated carbocycles. The summed E-state index contributed by atoms with van der Waals surface area (Å²) in [6.45, 7) is 13.8. The third-order valence-corrected chi connectivity index (χ3v) is 16.0. The third-order valence-electron chi connectivity index (χ3n) is 16.0. The standard InChI is InChI=1S/C44H69NO13.C44H6.H3NO13.31H2/c1-24-16-25(2)18-37(55-8)40-38(56-9)20-27(4)44(53,58-40)41(50)42(51)45-15-11-10-12-32(45)43(52)57-39(26(3)19-30-13-14-33(47)36(22-30)54-7)29(6)34(48)23-35(49)31(17-24)21-28(5)46;1-3-5-7-9-11-13-15-17-19-21-23-25-27-29-31-33-35-37-39-41-43-44-42-40-38-36-34-32-30-28-26-24-22-20-18-16-14-12-10-8-6-4-2;2-6-10-12-8-4-1-5-9-13-14-11-7-3;;;;;;;;;;;;;;;;;;;;;;;;;;;;;;;/h17,19,25,27,29-34,36-40,47-48,53H,10-16,18,20-23H2,1-9H3;1-2H3;1-3H;31*1H/b24-17+,26-19+;;;;;;;;;;;;;;;;;;;;;;;;;;;;;;;;;/t25-,27+,29+,30-,31-,32-,33+,34-,36+,37-,38-,39+,40+,44+;;;;;;;;;;;;;;;;;;;;;;;;;;;;;;;;;/m0................................./s1. The second kappa shape index (κ2) is 62.8. The van der Waals surface area contributed by atoms with E-state index in [-0.39, 0.29) is 106 Å². The van der Waals surface area contributed by atoms with Crippen molar-refractivity contribution < 1.29 is 173 Å². The highest BCUT2D eigenvalue weighted by Crippen LogP contribution is 2.39. The fraction of sp³-hybridized carbons (Fsp3) is 0.420. The van der Waals surface area contributed by atoms with Crippen LogP contribution >= 0.6 is 0 Å². The van der Waals surface area contributed by atoms with Crippen LogP contribution < -0.4 is 5.64 Å². The normalized spacial score (nSPS) is 23.0. The number of aliphatic hydroxyl groups is 3. The van der Waals surface area contributed by atoms with Gasteiger partial charge in [0.15, 0.2) is 0 Å². The van der Waals surface area contributed by atoms with Gasteiger partial charge in [0.05, 0.1) is 30.5 Å². The van der Waals surface area contributed by atoms with Gasteiger partial charge in [-0.15, -0.1) is 0 Å². The van der Waals surface area contributed by atoms with Crippen molar-refractivity contribution in [2.24, 2.45) is 29.6 Å². The lowest BCUT2D eigenvalue weighted by Gasteiger charge is -2.47. The van der Waals surface area contributed by atoms with Crippen LogP contribution in [-0.2, 0) is 103 Å². The number of carbonyl (C=O) groups excluding carboxylic acids is 5. The van der Waals surface area contributed by atoms with E-state index >= 15 is 0 Å². The number of rotatable bonds is 18. The van der Waals surface area contributed by atoms with Gasteiger partial charge in [0.2, 0.25) is 5.79 Å². The van der Waals surface area contributed by atoms with E-state index in [4.69, 9.17) is 34.2 Å². The number of allylic oxidation sites excluding steroid dienone is 3. The number of ether oxygens (including phenoxy) is 5. The number of nitrogens with zero attached hydrogens (tertiary/aromatic N) is 1. The topological polar surface area (TPSA) is 349 Å². The number of hydrogen-bond donors (Lipinski definition) is 6. The summed E-state index contributed by atoms with van der Waals surface area (Å²) in [5.74, 6) is 97.0. The number of nitrogens with one attached hydrogen (secondary N) is 1. The van der Waals surface area contributed by atoms with Crippen molar-refractivity contribution in [2.75, 3.05) is 27.9 Å². The van der Waals surface area contributed by atoms with Crippen molar-refractivity contribution in [3.05, 3.63) is 23.3 Å². The van der Waals surface area contributed by atoms with Crippen molar-refractivity contribution in [2.45, 2.75) is 181 Å². The Balaban J connectivity index is -0.0000000502. The smallest absolute Gasteiger partial charge is 0.329 e. The quantitative estimate of drug-likeness (QED) is 0.0141. The molecule has 0 spiro atoms. The molecule has 658 valence electrons. The number of carbonyl (C=O) groups is 5. The highest BCUT2D eigenvalue weighted by atomic mass is 17.9. The van der Waals surface area contributed by atoms with Gasteiger partial charge in [-0.05, 0) is 256 Å². The van der Waals surface area contributed by atoms with E-state index in [0.717, 1.165) is 10.5 Å². The van der Waals surface area contributed by atoms with Crippen LogP contribution in [0.1, 0.15) is 170 Å². The second-order valence-electron chi connectivity index (χ2n) is 24.0. The summed E-state index contributed by atoms with van der Waals surface area (Å²) in [4.78, 5) is 77.6. The Bertz CT molecular complexity index is 4850. The van der Waals surface area contributed by atoms with Crippen molar-refractivity contribution in [3.63, 3.8) is 0 Å². The van der Waals surface area contributed by atoms with Crippen molar-refractivity contribution in [3.8, 4) is 249 Å². The number of aliphatic hydroxyl groups excluding tert-OH is 2. The molecule has 28 heteroatoms. The zero-order valence-corrected chi connectivity index (χ0v) is 64.9. The van der Waals surface area contributed by atoms with Gasteiger partial charge in [-0.3, -0.25) is 19.2 Å². The molecule has 14 atom stereocenters. The Hall–Kier alpha value is -12.6. The minimum atomic E-state index is -2.54. The summed E-state index contributed by atoms with van der Waals surface area (Å²) in [6.07, 6.45) is 1.97. The molecule has 4 aliphatic rings. The Morgan fingerprint density at radius 3 is 1.35 bits per heavy atom. The molecule has 0 aromatic carbocycles. The first-order valence-electron chi connectivity index (χ1n) is 34.7. The summed E-state index contributed by atoms with van der Waals surface area (Å²) in [5, 5.41) is 78.5. The first kappa shape index (κ1) is 99.4. The Morgan fingerprint density at radius 2 is 0.948 bits per heavy atom. The number of Topliss-reactive ketones (excluding diaryl/α,β-unsaturated/α-hetero) is 3. The number of esters is 1. The summed E-state index contributed by atoms with van der Waals surface area (Å²) in [7, 11) is 4.55. The summed E-state index contributed by atoms with van der Waals surface area (Å²) < 4.78 is 29.7. The molecular weight excluding hydrogens is 1500 g/mol. The van der Waals surface area contributed by atoms with Crippen molar-refractivity contribution in [1.82, 2.24) is 10.5 Å². The lowest BCUT2D eigenvalue weighted by Crippen LogP contribution is -2.64. The zero-order valence-electron chi connectivity index (χ0n) is 64.9. The fourth-order valence-corrected chi connectivity index (χ4v) is 11.0. The van der Waals surface area contributed by atoms with Gasteiger partial charge in [0.1, 0.15) is 29.8 Å². The lowest BCUT2D eigenvalue weighted by molar-refractivity contribution is -0.808. The lowest BCUT2D eigenvalue weighted by atomic mass is 9.81. The monoisotopic (exact) mass is 1640 g/mol. The molecule has 2 bridgehead atoms. The predicted octanol–water partition coefficient (Wildman–Crippen LogP) is 11.5. The van der Waals surface area contributed by atoms with Crippen LogP contribution in [0.15, 0.2) is 23.3 Å². The SMILES string of the molecule is CC#CC#CC#CC#CC#CC#CC#CC#CC#CC#CC#CC#CC#CC#CC#CC#CC#CC#CC#CC#CC#CC.CO[C@H]1C[C@@H](C)C/C(C)=C/[C@@H](CC(C)=O)C(=O)C[C@H](O)[C@@H](C)[C@@H](/C(C)=C/[C@@H]2CC[C@@H](O)[C@H](OC)C2)OC(=O)[C@@H]2CCCCN2C(=O)C(=O)[C@]2(O)O[C@H]1[C@@H](OC)C[C@H]2C.OOOOOONOOOOOOO.[HH].[HH].[HH].[HH].[HH].[HH].[HH].[HH].[HH].[HH].[HH].[HH].[HH].[HH].[HH].[HH].[HH].[HH].[HH].[HH].[HH].[HH].[HH].[HH].[HH].[HH].[HH].[HH].[HH].[HH].[HH]. The van der Waals surface area contributed by atoms with E-state index < -0.39 is 83.9 Å². The van der Waals surface area contributed by atoms with E-state index in [9.17, 15) is 39.3 Å². The number of hydrogen-bond acceptors (Lipinski definition) is 27. The number of fused-ring (bicyclic) bond motifs is 3. The predicted molar refractivity (Wildman–Crippen MR) is 474 cm³/mol. The van der Waals surface area contributed by atoms with Gasteiger partial charge in [-0.25, -0.2) is 15.3 Å². The Morgan fingerprint density at radius 1 is 0.543 bits per heavy atom. The number of ketones is 3. The van der Waals surface area contributed by atoms with Crippen LogP contribution in [0, 0.1) is 278 Å². The van der Waals surface area contributed by atoms with Crippen LogP contribution in [0.3, 0.4) is 0 Å². The molecule has 0 unspecified atom stereocenters. The maximum absolute atomic E-state index is 14.3. The van der Waals surface area contributed by atoms with E-state index in [0.29, 0.717) is 50.5 Å². The van der Waals surface area contributed by atoms with E-state index in [1.807, 2.05) is 19.9 Å². The minimum Gasteiger partial charge on any atom is -0.456 e. The molecular formula is C88H140N2O26. The molecule has 0 radical (unpaired) electrons. The molecule has 0 aromatic rings. The van der Waals surface area contributed by atoms with Gasteiger partial charge in [-0.1, -0.05) is 60.3 Å². The summed E-state index contributed by atoms with van der Waals surface area (Å²) in [6, 6.07) is -1.17. The summed E-state index contributed by atoms with van der Waals surface area (Å²) in [5.41, 5.74) is 2.83. The fourth-order valence-electron chi connectivity index (χ4n) is 11.0. The Kier molecular flexibility index (Phi) is 53.9. The largest absolute Gasteiger partial charge is 0.456 e. The highest BCUT2D eigenvalue weighted by molar-refractivity contribution is 6.39. The molecule has 1 aliphatic carbocycles. The van der Waals surface area contributed by atoms with Crippen LogP contribution in [0.2, 0.25) is 0 Å². The van der Waals surface area contributed by atoms with Crippen LogP contribution in [0.25, 0.3) is 0 Å². The van der Waals surface area contributed by atoms with Crippen LogP contribution in [-0.4, -0.2) is 142 Å². The molecule has 3 heterocycles. The second-order valence-corrected chi connectivity index (χ2v) is 24.0. The molecule has 6 N–H and O–H groups in total. The van der Waals surface area contributed by atoms with Gasteiger partial charge in [0, 0.05) is 245 Å². The molecule has 1 amide bonds. The van der Waals surface area contributed by atoms with E-state index in [1.165, 1.54) is 26.8 Å². The molecule has 4 rings (SSSR count). The highest BCUT2D eigenvalue weighted by Gasteiger charge is 2.57. The number of methoxy groups -OCH3 is 3. The van der Waals surface area contributed by atoms with Gasteiger partial charge >= 0.3 is 5.97 Å².